The van der Waals surface area contributed by atoms with Crippen molar-refractivity contribution in [2.24, 2.45) is 5.92 Å². The number of aromatic nitrogens is 3. The molecule has 128 valence electrons. The van der Waals surface area contributed by atoms with E-state index in [-0.39, 0.29) is 5.75 Å². The van der Waals surface area contributed by atoms with Gasteiger partial charge in [-0.1, -0.05) is 49.0 Å². The van der Waals surface area contributed by atoms with Gasteiger partial charge in [0.2, 0.25) is 4.73 Å². The third kappa shape index (κ3) is 3.06. The third-order valence-electron chi connectivity index (χ3n) is 4.60. The van der Waals surface area contributed by atoms with Crippen molar-refractivity contribution in [2.45, 2.75) is 24.4 Å². The molecule has 1 aliphatic rings. The van der Waals surface area contributed by atoms with E-state index in [0.717, 1.165) is 28.8 Å². The Labute approximate surface area is 157 Å². The van der Waals surface area contributed by atoms with Gasteiger partial charge < -0.3 is 5.11 Å². The van der Waals surface area contributed by atoms with Crippen LogP contribution < -0.4 is 0 Å². The minimum Gasteiger partial charge on any atom is -0.481 e. The highest BCUT2D eigenvalue weighted by atomic mass is 79.9. The van der Waals surface area contributed by atoms with Crippen molar-refractivity contribution in [2.75, 3.05) is 5.75 Å². The van der Waals surface area contributed by atoms with Crippen LogP contribution >= 0.6 is 27.7 Å². The lowest BCUT2D eigenvalue weighted by Gasteiger charge is -2.14. The van der Waals surface area contributed by atoms with Crippen molar-refractivity contribution < 1.29 is 9.90 Å². The van der Waals surface area contributed by atoms with E-state index in [4.69, 9.17) is 5.11 Å². The lowest BCUT2D eigenvalue weighted by Crippen LogP contribution is -2.03. The molecule has 0 bridgehead atoms. The van der Waals surface area contributed by atoms with Crippen LogP contribution in [0.1, 0.15) is 24.8 Å². The summed E-state index contributed by atoms with van der Waals surface area (Å²) in [6, 6.07) is 12.6. The monoisotopic (exact) mass is 417 g/mol. The maximum atomic E-state index is 10.9. The summed E-state index contributed by atoms with van der Waals surface area (Å²) in [7, 11) is 0. The van der Waals surface area contributed by atoms with Crippen LogP contribution in [0.3, 0.4) is 0 Å². The molecule has 1 saturated carbocycles. The van der Waals surface area contributed by atoms with Gasteiger partial charge in [0.05, 0.1) is 11.4 Å². The van der Waals surface area contributed by atoms with E-state index in [9.17, 15) is 4.79 Å². The number of carboxylic acids is 1. The topological polar surface area (TPSA) is 68.0 Å². The largest absolute Gasteiger partial charge is 0.481 e. The summed E-state index contributed by atoms with van der Waals surface area (Å²) in [4.78, 5) is 10.9. The van der Waals surface area contributed by atoms with E-state index in [1.54, 1.807) is 0 Å². The second-order valence-corrected chi connectivity index (χ2v) is 7.96. The molecule has 2 unspecified atom stereocenters. The molecule has 0 amide bonds. The summed E-state index contributed by atoms with van der Waals surface area (Å²) < 4.78 is 2.44. The van der Waals surface area contributed by atoms with E-state index in [1.165, 1.54) is 17.4 Å². The van der Waals surface area contributed by atoms with E-state index in [1.807, 2.05) is 10.6 Å². The van der Waals surface area contributed by atoms with Crippen LogP contribution in [0.25, 0.3) is 16.5 Å². The Hall–Kier alpha value is -1.86. The molecule has 4 rings (SSSR count). The molecule has 25 heavy (non-hydrogen) atoms. The van der Waals surface area contributed by atoms with Crippen LogP contribution in [-0.4, -0.2) is 31.6 Å². The molecule has 1 N–H and O–H groups in total. The number of fused-ring (bicyclic) bond motifs is 1. The SMILES string of the molecule is CC1CC1c1ccc(-n2c(Br)nnc2SCC(=O)O)c2ccccc12. The van der Waals surface area contributed by atoms with Gasteiger partial charge in [0.15, 0.2) is 5.16 Å². The highest BCUT2D eigenvalue weighted by Crippen LogP contribution is 2.49. The molecule has 3 aromatic rings. The van der Waals surface area contributed by atoms with Crippen LogP contribution in [0.2, 0.25) is 0 Å². The molecule has 0 radical (unpaired) electrons. The van der Waals surface area contributed by atoms with E-state index < -0.39 is 5.97 Å². The molecule has 2 aromatic carbocycles. The number of hydrogen-bond acceptors (Lipinski definition) is 4. The maximum Gasteiger partial charge on any atom is 0.313 e. The number of carbonyl (C=O) groups is 1. The number of hydrogen-bond donors (Lipinski definition) is 1. The standard InChI is InChI=1S/C18H16BrN3O2S/c1-10-8-14(10)12-6-7-15(13-5-3-2-4-11(12)13)22-17(19)20-21-18(22)25-9-16(23)24/h2-7,10,14H,8-9H2,1H3,(H,23,24). The molecule has 7 heteroatoms. The molecule has 1 fully saturated rings. The Balaban J connectivity index is 1.86. The van der Waals surface area contributed by atoms with E-state index in [2.05, 4.69) is 63.4 Å². The second-order valence-electron chi connectivity index (χ2n) is 6.31. The van der Waals surface area contributed by atoms with Crippen LogP contribution in [0, 0.1) is 5.92 Å². The minimum atomic E-state index is -0.876. The summed E-state index contributed by atoms with van der Waals surface area (Å²) in [5.41, 5.74) is 2.34. The first-order valence-electron chi connectivity index (χ1n) is 8.03. The van der Waals surface area contributed by atoms with E-state index >= 15 is 0 Å². The fraction of sp³-hybridized carbons (Fsp3) is 0.278. The summed E-state index contributed by atoms with van der Waals surface area (Å²) >= 11 is 4.61. The summed E-state index contributed by atoms with van der Waals surface area (Å²) in [6.07, 6.45) is 1.24. The molecule has 0 spiro atoms. The molecule has 2 atom stereocenters. The Bertz CT molecular complexity index is 972. The lowest BCUT2D eigenvalue weighted by molar-refractivity contribution is -0.133. The Morgan fingerprint density at radius 1 is 1.28 bits per heavy atom. The predicted molar refractivity (Wildman–Crippen MR) is 101 cm³/mol. The predicted octanol–water partition coefficient (Wildman–Crippen LogP) is 4.48. The van der Waals surface area contributed by atoms with Crippen LogP contribution in [-0.2, 0) is 4.79 Å². The zero-order chi connectivity index (χ0) is 17.6. The van der Waals surface area contributed by atoms with Crippen LogP contribution in [0.15, 0.2) is 46.3 Å². The number of aliphatic carboxylic acids is 1. The van der Waals surface area contributed by atoms with Gasteiger partial charge in [0.1, 0.15) is 0 Å². The van der Waals surface area contributed by atoms with Crippen molar-refractivity contribution in [3.8, 4) is 5.69 Å². The van der Waals surface area contributed by atoms with Crippen molar-refractivity contribution in [3.63, 3.8) is 0 Å². The zero-order valence-electron chi connectivity index (χ0n) is 13.5. The Kier molecular flexibility index (Phi) is 4.29. The number of benzene rings is 2. The van der Waals surface area contributed by atoms with Gasteiger partial charge in [0, 0.05) is 5.39 Å². The number of rotatable bonds is 5. The molecular formula is C18H16BrN3O2S. The van der Waals surface area contributed by atoms with Gasteiger partial charge in [-0.25, -0.2) is 0 Å². The van der Waals surface area contributed by atoms with Gasteiger partial charge in [0.25, 0.3) is 0 Å². The summed E-state index contributed by atoms with van der Waals surface area (Å²) in [6.45, 7) is 2.28. The highest BCUT2D eigenvalue weighted by Gasteiger charge is 2.35. The summed E-state index contributed by atoms with van der Waals surface area (Å²) in [5.74, 6) is 0.432. The van der Waals surface area contributed by atoms with Gasteiger partial charge in [-0.15, -0.1) is 10.2 Å². The first-order valence-corrected chi connectivity index (χ1v) is 9.81. The second kappa shape index (κ2) is 6.46. The van der Waals surface area contributed by atoms with Crippen molar-refractivity contribution in [1.82, 2.24) is 14.8 Å². The molecule has 0 aliphatic heterocycles. The van der Waals surface area contributed by atoms with E-state index in [0.29, 0.717) is 15.8 Å². The molecule has 1 heterocycles. The minimum absolute atomic E-state index is 0.0548. The van der Waals surface area contributed by atoms with Crippen molar-refractivity contribution in [1.29, 1.82) is 0 Å². The average Bonchev–Trinajstić information content (AvgIpc) is 3.21. The average molecular weight is 418 g/mol. The number of nitrogens with zero attached hydrogens (tertiary/aromatic N) is 3. The lowest BCUT2D eigenvalue weighted by atomic mass is 9.99. The van der Waals surface area contributed by atoms with Crippen LogP contribution in [0.5, 0.6) is 0 Å². The molecule has 0 saturated heterocycles. The highest BCUT2D eigenvalue weighted by molar-refractivity contribution is 9.10. The quantitative estimate of drug-likeness (QED) is 0.619. The first-order chi connectivity index (χ1) is 12.1. The van der Waals surface area contributed by atoms with Crippen molar-refractivity contribution >= 4 is 44.4 Å². The molecular weight excluding hydrogens is 402 g/mol. The van der Waals surface area contributed by atoms with Gasteiger partial charge in [-0.05, 0) is 51.2 Å². The van der Waals surface area contributed by atoms with Crippen LogP contribution in [0.4, 0.5) is 0 Å². The van der Waals surface area contributed by atoms with Crippen molar-refractivity contribution in [3.05, 3.63) is 46.7 Å². The smallest absolute Gasteiger partial charge is 0.313 e. The van der Waals surface area contributed by atoms with Gasteiger partial charge >= 0.3 is 5.97 Å². The summed E-state index contributed by atoms with van der Waals surface area (Å²) in [5, 5.41) is 20.1. The Morgan fingerprint density at radius 3 is 2.68 bits per heavy atom. The first kappa shape index (κ1) is 16.6. The number of carboxylic acid groups (broad SMARTS) is 1. The third-order valence-corrected chi connectivity index (χ3v) is 6.03. The number of halogens is 1. The molecule has 5 nitrogen and oxygen atoms in total. The number of thioether (sulfide) groups is 1. The fourth-order valence-corrected chi connectivity index (χ4v) is 4.48. The zero-order valence-corrected chi connectivity index (χ0v) is 15.9. The van der Waals surface area contributed by atoms with Gasteiger partial charge in [-0.2, -0.15) is 0 Å². The normalized spacial score (nSPS) is 19.3. The fourth-order valence-electron chi connectivity index (χ4n) is 3.25. The molecule has 1 aromatic heterocycles. The maximum absolute atomic E-state index is 10.9. The Morgan fingerprint density at radius 2 is 2.00 bits per heavy atom. The molecule has 1 aliphatic carbocycles. The van der Waals surface area contributed by atoms with Gasteiger partial charge in [-0.3, -0.25) is 9.36 Å².